The van der Waals surface area contributed by atoms with Crippen LogP contribution in [0.3, 0.4) is 0 Å². The maximum atomic E-state index is 13.0. The van der Waals surface area contributed by atoms with Crippen molar-refractivity contribution in [3.05, 3.63) is 63.1 Å². The van der Waals surface area contributed by atoms with Gasteiger partial charge < -0.3 is 10.1 Å². The van der Waals surface area contributed by atoms with E-state index in [1.54, 1.807) is 18.2 Å². The third-order valence-electron chi connectivity index (χ3n) is 5.05. The summed E-state index contributed by atoms with van der Waals surface area (Å²) in [5, 5.41) is 5.02. The summed E-state index contributed by atoms with van der Waals surface area (Å²) in [5.74, 6) is 5.25. The van der Waals surface area contributed by atoms with Crippen LogP contribution >= 0.6 is 23.2 Å². The van der Waals surface area contributed by atoms with Crippen molar-refractivity contribution < 1.29 is 14.3 Å². The molecule has 0 radical (unpaired) electrons. The standard InChI is InChI=1S/C23H27Cl2N3O3/c1-23(2,3)31-22(30)27-13-7-6-9-14-17(25)11-12-18-19(14)20(21(29)28(18)26)15-8-4-5-10-16(15)24/h4-5,8,10-12,20H,6-7,9,13,26H2,1-3H3,(H,27,30). The molecule has 0 bridgehead atoms. The molecule has 0 aromatic heterocycles. The average Bonchev–Trinajstić information content (AvgIpc) is 2.93. The van der Waals surface area contributed by atoms with Crippen molar-refractivity contribution >= 4 is 40.9 Å². The SMILES string of the molecule is CC(C)(C)OC(=O)NCCCCc1c(Cl)ccc2c1C(c1ccccc1Cl)C(=O)N2N. The van der Waals surface area contributed by atoms with Gasteiger partial charge in [-0.25, -0.2) is 15.6 Å². The number of nitrogens with two attached hydrogens (primary N) is 1. The third kappa shape index (κ3) is 5.32. The summed E-state index contributed by atoms with van der Waals surface area (Å²) in [6.45, 7) is 5.95. The Hall–Kier alpha value is -2.28. The fourth-order valence-corrected chi connectivity index (χ4v) is 4.23. The van der Waals surface area contributed by atoms with Crippen molar-refractivity contribution in [1.29, 1.82) is 0 Å². The van der Waals surface area contributed by atoms with Crippen LogP contribution < -0.4 is 16.2 Å². The van der Waals surface area contributed by atoms with Gasteiger partial charge in [-0.15, -0.1) is 0 Å². The first kappa shape index (κ1) is 23.4. The van der Waals surface area contributed by atoms with Gasteiger partial charge in [0, 0.05) is 16.6 Å². The maximum Gasteiger partial charge on any atom is 0.407 e. The first-order valence-electron chi connectivity index (χ1n) is 10.2. The van der Waals surface area contributed by atoms with E-state index in [1.807, 2.05) is 39.0 Å². The molecule has 2 aromatic carbocycles. The number of hydrogen-bond donors (Lipinski definition) is 2. The van der Waals surface area contributed by atoms with Crippen molar-refractivity contribution in [1.82, 2.24) is 5.32 Å². The lowest BCUT2D eigenvalue weighted by Gasteiger charge is -2.19. The van der Waals surface area contributed by atoms with E-state index >= 15 is 0 Å². The van der Waals surface area contributed by atoms with Gasteiger partial charge in [0.2, 0.25) is 0 Å². The Kier molecular flexibility index (Phi) is 7.14. The number of fused-ring (bicyclic) bond motifs is 1. The van der Waals surface area contributed by atoms with Crippen molar-refractivity contribution in [2.45, 2.75) is 51.6 Å². The molecule has 0 fully saturated rings. The predicted molar refractivity (Wildman–Crippen MR) is 124 cm³/mol. The van der Waals surface area contributed by atoms with E-state index in [-0.39, 0.29) is 5.91 Å². The summed E-state index contributed by atoms with van der Waals surface area (Å²) in [5.41, 5.74) is 2.49. The molecule has 3 rings (SSSR count). The van der Waals surface area contributed by atoms with Gasteiger partial charge in [-0.05, 0) is 74.9 Å². The Morgan fingerprint density at radius 3 is 2.52 bits per heavy atom. The molecule has 1 unspecified atom stereocenters. The molecule has 0 spiro atoms. The zero-order valence-electron chi connectivity index (χ0n) is 17.9. The first-order valence-corrected chi connectivity index (χ1v) is 11.0. The molecule has 6 nitrogen and oxygen atoms in total. The van der Waals surface area contributed by atoms with E-state index in [0.29, 0.717) is 34.3 Å². The largest absolute Gasteiger partial charge is 0.444 e. The molecule has 2 aromatic rings. The van der Waals surface area contributed by atoms with E-state index in [9.17, 15) is 9.59 Å². The van der Waals surface area contributed by atoms with Crippen LogP contribution in [0.1, 0.15) is 56.2 Å². The molecule has 1 aliphatic heterocycles. The number of anilines is 1. The van der Waals surface area contributed by atoms with Gasteiger partial charge in [0.1, 0.15) is 5.60 Å². The molecule has 2 amide bonds. The fourth-order valence-electron chi connectivity index (χ4n) is 3.72. The van der Waals surface area contributed by atoms with Crippen LogP contribution in [0.15, 0.2) is 36.4 Å². The summed E-state index contributed by atoms with van der Waals surface area (Å²) in [7, 11) is 0. The minimum atomic E-state index is -0.595. The number of unbranched alkanes of at least 4 members (excludes halogenated alkanes) is 1. The Labute approximate surface area is 192 Å². The number of carbonyl (C=O) groups excluding carboxylic acids is 2. The monoisotopic (exact) mass is 463 g/mol. The van der Waals surface area contributed by atoms with Crippen molar-refractivity contribution in [2.75, 3.05) is 11.6 Å². The molecule has 31 heavy (non-hydrogen) atoms. The number of hydrazine groups is 1. The van der Waals surface area contributed by atoms with E-state index in [2.05, 4.69) is 5.32 Å². The van der Waals surface area contributed by atoms with Crippen LogP contribution in [0.2, 0.25) is 10.0 Å². The maximum absolute atomic E-state index is 13.0. The van der Waals surface area contributed by atoms with Crippen LogP contribution in [0.5, 0.6) is 0 Å². The minimum absolute atomic E-state index is 0.238. The lowest BCUT2D eigenvalue weighted by molar-refractivity contribution is -0.118. The van der Waals surface area contributed by atoms with Gasteiger partial charge in [0.05, 0.1) is 11.6 Å². The quantitative estimate of drug-likeness (QED) is 0.350. The number of nitrogens with zero attached hydrogens (tertiary/aromatic N) is 1. The number of halogens is 2. The van der Waals surface area contributed by atoms with Crippen LogP contribution in [-0.4, -0.2) is 24.1 Å². The molecule has 1 heterocycles. The van der Waals surface area contributed by atoms with Gasteiger partial charge >= 0.3 is 6.09 Å². The Bertz CT molecular complexity index is 989. The fraction of sp³-hybridized carbons (Fsp3) is 0.391. The van der Waals surface area contributed by atoms with Crippen LogP contribution in [0.25, 0.3) is 0 Å². The van der Waals surface area contributed by atoms with Crippen LogP contribution in [0.4, 0.5) is 10.5 Å². The van der Waals surface area contributed by atoms with Crippen LogP contribution in [-0.2, 0) is 16.0 Å². The molecular formula is C23H27Cl2N3O3. The topological polar surface area (TPSA) is 84.7 Å². The summed E-state index contributed by atoms with van der Waals surface area (Å²) >= 11 is 12.9. The second-order valence-corrected chi connectivity index (χ2v) is 9.32. The second kappa shape index (κ2) is 9.47. The second-order valence-electron chi connectivity index (χ2n) is 8.51. The van der Waals surface area contributed by atoms with Crippen molar-refractivity contribution in [2.24, 2.45) is 5.84 Å². The van der Waals surface area contributed by atoms with Gasteiger partial charge in [0.15, 0.2) is 0 Å². The molecule has 3 N–H and O–H groups in total. The predicted octanol–water partition coefficient (Wildman–Crippen LogP) is 5.19. The van der Waals surface area contributed by atoms with E-state index in [4.69, 9.17) is 33.8 Å². The molecule has 1 aliphatic rings. The van der Waals surface area contributed by atoms with E-state index in [1.165, 1.54) is 5.01 Å². The van der Waals surface area contributed by atoms with Crippen LogP contribution in [0, 0.1) is 0 Å². The van der Waals surface area contributed by atoms with E-state index in [0.717, 1.165) is 24.0 Å². The van der Waals surface area contributed by atoms with Gasteiger partial charge in [0.25, 0.3) is 5.91 Å². The molecule has 0 saturated carbocycles. The minimum Gasteiger partial charge on any atom is -0.444 e. The lowest BCUT2D eigenvalue weighted by atomic mass is 9.87. The number of benzene rings is 2. The Morgan fingerprint density at radius 1 is 1.13 bits per heavy atom. The zero-order chi connectivity index (χ0) is 22.8. The highest BCUT2D eigenvalue weighted by Crippen LogP contribution is 2.45. The summed E-state index contributed by atoms with van der Waals surface area (Å²) in [4.78, 5) is 24.8. The Balaban J connectivity index is 1.75. The van der Waals surface area contributed by atoms with Gasteiger partial charge in [-0.2, -0.15) is 0 Å². The highest BCUT2D eigenvalue weighted by Gasteiger charge is 2.40. The number of carbonyl (C=O) groups is 2. The summed E-state index contributed by atoms with van der Waals surface area (Å²) in [6.07, 6.45) is 1.70. The number of nitrogens with one attached hydrogen (secondary N) is 1. The summed E-state index contributed by atoms with van der Waals surface area (Å²) < 4.78 is 5.24. The highest BCUT2D eigenvalue weighted by molar-refractivity contribution is 6.33. The van der Waals surface area contributed by atoms with Gasteiger partial charge in [-0.3, -0.25) is 4.79 Å². The number of amides is 2. The lowest BCUT2D eigenvalue weighted by Crippen LogP contribution is -2.35. The number of rotatable bonds is 6. The molecule has 0 saturated heterocycles. The third-order valence-corrected chi connectivity index (χ3v) is 5.75. The van der Waals surface area contributed by atoms with Gasteiger partial charge in [-0.1, -0.05) is 41.4 Å². The molecule has 0 aliphatic carbocycles. The molecular weight excluding hydrogens is 437 g/mol. The Morgan fingerprint density at radius 2 is 1.84 bits per heavy atom. The number of ether oxygens (including phenoxy) is 1. The molecule has 8 heteroatoms. The van der Waals surface area contributed by atoms with E-state index < -0.39 is 17.6 Å². The average molecular weight is 464 g/mol. The smallest absolute Gasteiger partial charge is 0.407 e. The first-order chi connectivity index (χ1) is 14.6. The molecule has 1 atom stereocenters. The molecule has 166 valence electrons. The van der Waals surface area contributed by atoms with Crippen molar-refractivity contribution in [3.8, 4) is 0 Å². The van der Waals surface area contributed by atoms with Crippen molar-refractivity contribution in [3.63, 3.8) is 0 Å². The number of hydrogen-bond acceptors (Lipinski definition) is 4. The zero-order valence-corrected chi connectivity index (χ0v) is 19.4. The normalized spacial score (nSPS) is 15.7. The highest BCUT2D eigenvalue weighted by atomic mass is 35.5. The summed E-state index contributed by atoms with van der Waals surface area (Å²) in [6, 6.07) is 10.8. The number of alkyl carbamates (subject to hydrolysis) is 1.